The molecule has 0 bridgehead atoms. The zero-order valence-corrected chi connectivity index (χ0v) is 12.1. The maximum Gasteiger partial charge on any atom is 0.158 e. The van der Waals surface area contributed by atoms with Gasteiger partial charge < -0.3 is 13.9 Å². The van der Waals surface area contributed by atoms with Crippen LogP contribution < -0.4 is 0 Å². The number of halogens is 1. The number of furan rings is 1. The Hall–Kier alpha value is -0.330. The molecule has 3 nitrogen and oxygen atoms in total. The fourth-order valence-electron chi connectivity index (χ4n) is 1.84. The lowest BCUT2D eigenvalue weighted by Gasteiger charge is -2.26. The van der Waals surface area contributed by atoms with Gasteiger partial charge in [-0.25, -0.2) is 0 Å². The molecule has 1 aromatic heterocycles. The number of ether oxygens (including phenoxy) is 2. The summed E-state index contributed by atoms with van der Waals surface area (Å²) in [7, 11) is 0. The first-order valence-electron chi connectivity index (χ1n) is 5.89. The van der Waals surface area contributed by atoms with E-state index in [1.807, 2.05) is 6.07 Å². The molecule has 1 aromatic rings. The fourth-order valence-corrected chi connectivity index (χ4v) is 2.17. The lowest BCUT2D eigenvalue weighted by molar-refractivity contribution is -0.180. The minimum Gasteiger partial charge on any atom is -0.472 e. The van der Waals surface area contributed by atoms with E-state index in [-0.39, 0.29) is 12.4 Å². The van der Waals surface area contributed by atoms with Crippen LogP contribution in [0, 0.1) is 0 Å². The van der Waals surface area contributed by atoms with Gasteiger partial charge in [0.05, 0.1) is 12.5 Å². The molecule has 2 rings (SSSR count). The van der Waals surface area contributed by atoms with Gasteiger partial charge in [-0.3, -0.25) is 0 Å². The molecular weight excluding hydrogens is 331 g/mol. The van der Waals surface area contributed by atoms with E-state index in [1.165, 1.54) is 10.0 Å². The van der Waals surface area contributed by atoms with Gasteiger partial charge in [0, 0.05) is 12.2 Å². The number of rotatable bonds is 4. The van der Waals surface area contributed by atoms with Crippen LogP contribution in [0.5, 0.6) is 0 Å². The molecule has 2 unspecified atom stereocenters. The van der Waals surface area contributed by atoms with E-state index in [4.69, 9.17) is 13.9 Å². The molecule has 1 saturated heterocycles. The van der Waals surface area contributed by atoms with Gasteiger partial charge in [0.2, 0.25) is 0 Å². The molecule has 2 atom stereocenters. The largest absolute Gasteiger partial charge is 0.472 e. The SMILES string of the molecule is C/C(I)=C\C(OC1CCCCO1)c1ccoc1. The van der Waals surface area contributed by atoms with Gasteiger partial charge in [0.1, 0.15) is 6.10 Å². The standard InChI is InChI=1S/C13H17IO3/c1-10(14)8-12(11-5-7-15-9-11)17-13-4-2-3-6-16-13/h5,7-9,12-13H,2-4,6H2,1H3/b10-8+. The Bertz CT molecular complexity index is 349. The highest BCUT2D eigenvalue weighted by molar-refractivity contribution is 14.1. The van der Waals surface area contributed by atoms with Crippen molar-refractivity contribution in [1.82, 2.24) is 0 Å². The van der Waals surface area contributed by atoms with E-state index in [1.54, 1.807) is 12.5 Å². The average molecular weight is 348 g/mol. The summed E-state index contributed by atoms with van der Waals surface area (Å²) in [5, 5.41) is 0. The molecule has 94 valence electrons. The highest BCUT2D eigenvalue weighted by Gasteiger charge is 2.20. The van der Waals surface area contributed by atoms with Crippen LogP contribution in [0.25, 0.3) is 0 Å². The summed E-state index contributed by atoms with van der Waals surface area (Å²) in [6, 6.07) is 1.93. The molecule has 4 heteroatoms. The van der Waals surface area contributed by atoms with Crippen molar-refractivity contribution >= 4 is 22.6 Å². The summed E-state index contributed by atoms with van der Waals surface area (Å²) in [5.41, 5.74) is 1.04. The van der Waals surface area contributed by atoms with Crippen molar-refractivity contribution in [2.75, 3.05) is 6.61 Å². The predicted octanol–water partition coefficient (Wildman–Crippen LogP) is 4.20. The van der Waals surface area contributed by atoms with Crippen molar-refractivity contribution in [1.29, 1.82) is 0 Å². The van der Waals surface area contributed by atoms with Gasteiger partial charge in [0.15, 0.2) is 6.29 Å². The molecule has 2 heterocycles. The molecule has 1 aliphatic rings. The summed E-state index contributed by atoms with van der Waals surface area (Å²) in [6.45, 7) is 2.86. The van der Waals surface area contributed by atoms with Crippen molar-refractivity contribution in [3.8, 4) is 0 Å². The van der Waals surface area contributed by atoms with Crippen LogP contribution >= 0.6 is 22.6 Å². The summed E-state index contributed by atoms with van der Waals surface area (Å²) in [6.07, 6.45) is 8.61. The summed E-state index contributed by atoms with van der Waals surface area (Å²) in [4.78, 5) is 0. The summed E-state index contributed by atoms with van der Waals surface area (Å²) in [5.74, 6) is 0. The lowest BCUT2D eigenvalue weighted by Crippen LogP contribution is -2.23. The van der Waals surface area contributed by atoms with Crippen LogP contribution in [0.2, 0.25) is 0 Å². The second-order valence-electron chi connectivity index (χ2n) is 4.16. The monoisotopic (exact) mass is 348 g/mol. The molecule has 0 aromatic carbocycles. The van der Waals surface area contributed by atoms with Gasteiger partial charge in [-0.15, -0.1) is 0 Å². The normalized spacial score (nSPS) is 23.6. The van der Waals surface area contributed by atoms with Gasteiger partial charge >= 0.3 is 0 Å². The summed E-state index contributed by atoms with van der Waals surface area (Å²) < 4.78 is 17.9. The van der Waals surface area contributed by atoms with E-state index in [9.17, 15) is 0 Å². The molecule has 0 spiro atoms. The third kappa shape index (κ3) is 4.12. The van der Waals surface area contributed by atoms with E-state index in [0.717, 1.165) is 25.0 Å². The van der Waals surface area contributed by atoms with E-state index in [2.05, 4.69) is 35.6 Å². The highest BCUT2D eigenvalue weighted by atomic mass is 127. The molecule has 1 fully saturated rings. The topological polar surface area (TPSA) is 31.6 Å². The number of hydrogen-bond acceptors (Lipinski definition) is 3. The Kier molecular flexibility index (Phi) is 5.06. The van der Waals surface area contributed by atoms with Crippen molar-refractivity contribution in [2.45, 2.75) is 38.6 Å². The second-order valence-corrected chi connectivity index (χ2v) is 5.86. The predicted molar refractivity (Wildman–Crippen MR) is 73.9 cm³/mol. The molecule has 0 saturated carbocycles. The smallest absolute Gasteiger partial charge is 0.158 e. The third-order valence-electron chi connectivity index (χ3n) is 2.69. The molecular formula is C13H17IO3. The van der Waals surface area contributed by atoms with Crippen molar-refractivity contribution < 1.29 is 13.9 Å². The number of allylic oxidation sites excluding steroid dienone is 1. The highest BCUT2D eigenvalue weighted by Crippen LogP contribution is 2.27. The Morgan fingerprint density at radius 1 is 1.59 bits per heavy atom. The fraction of sp³-hybridized carbons (Fsp3) is 0.538. The zero-order valence-electron chi connectivity index (χ0n) is 9.90. The van der Waals surface area contributed by atoms with Gasteiger partial charge in [0.25, 0.3) is 0 Å². The molecule has 0 radical (unpaired) electrons. The first-order valence-corrected chi connectivity index (χ1v) is 6.96. The third-order valence-corrected chi connectivity index (χ3v) is 3.05. The van der Waals surface area contributed by atoms with Crippen LogP contribution in [-0.2, 0) is 9.47 Å². The average Bonchev–Trinajstić information content (AvgIpc) is 2.82. The maximum atomic E-state index is 5.98. The molecule has 0 amide bonds. The molecule has 0 N–H and O–H groups in total. The molecule has 17 heavy (non-hydrogen) atoms. The van der Waals surface area contributed by atoms with Gasteiger partial charge in [-0.2, -0.15) is 0 Å². The van der Waals surface area contributed by atoms with Gasteiger partial charge in [-0.1, -0.05) is 0 Å². The van der Waals surface area contributed by atoms with Gasteiger partial charge in [-0.05, 0) is 64.5 Å². The Balaban J connectivity index is 2.03. The van der Waals surface area contributed by atoms with Crippen LogP contribution in [0.3, 0.4) is 0 Å². The van der Waals surface area contributed by atoms with Crippen LogP contribution in [0.4, 0.5) is 0 Å². The van der Waals surface area contributed by atoms with E-state index >= 15 is 0 Å². The molecule has 1 aliphatic heterocycles. The van der Waals surface area contributed by atoms with E-state index in [0.29, 0.717) is 0 Å². The first kappa shape index (κ1) is 13.1. The Morgan fingerprint density at radius 2 is 2.47 bits per heavy atom. The number of hydrogen-bond donors (Lipinski definition) is 0. The maximum absolute atomic E-state index is 5.98. The minimum absolute atomic E-state index is 0.0752. The van der Waals surface area contributed by atoms with Crippen molar-refractivity contribution in [3.05, 3.63) is 33.8 Å². The van der Waals surface area contributed by atoms with Crippen molar-refractivity contribution in [2.24, 2.45) is 0 Å². The van der Waals surface area contributed by atoms with Crippen LogP contribution in [0.1, 0.15) is 37.9 Å². The van der Waals surface area contributed by atoms with E-state index < -0.39 is 0 Å². The Labute approximate surface area is 115 Å². The minimum atomic E-state index is -0.0874. The molecule has 0 aliphatic carbocycles. The Morgan fingerprint density at radius 3 is 3.06 bits per heavy atom. The quantitative estimate of drug-likeness (QED) is 0.765. The van der Waals surface area contributed by atoms with Crippen LogP contribution in [-0.4, -0.2) is 12.9 Å². The van der Waals surface area contributed by atoms with Crippen LogP contribution in [0.15, 0.2) is 32.7 Å². The lowest BCUT2D eigenvalue weighted by atomic mass is 10.1. The first-order chi connectivity index (χ1) is 8.25. The second kappa shape index (κ2) is 6.56. The summed E-state index contributed by atoms with van der Waals surface area (Å²) >= 11 is 2.29. The van der Waals surface area contributed by atoms with Crippen molar-refractivity contribution in [3.63, 3.8) is 0 Å². The zero-order chi connectivity index (χ0) is 12.1.